The van der Waals surface area contributed by atoms with Crippen LogP contribution in [0, 0.1) is 0 Å². The summed E-state index contributed by atoms with van der Waals surface area (Å²) in [6.45, 7) is 1.91. The lowest BCUT2D eigenvalue weighted by atomic mass is 10.1. The van der Waals surface area contributed by atoms with Gasteiger partial charge < -0.3 is 19.6 Å². The molecule has 104 valence electrons. The molecule has 0 radical (unpaired) electrons. The molecule has 0 aromatic carbocycles. The molecule has 1 aliphatic heterocycles. The highest BCUT2D eigenvalue weighted by Crippen LogP contribution is 2.42. The molecule has 0 bridgehead atoms. The first-order valence-electron chi connectivity index (χ1n) is 6.15. The number of carbonyl (C=O) groups excluding carboxylic acids is 1. The van der Waals surface area contributed by atoms with Gasteiger partial charge in [0.15, 0.2) is 6.10 Å². The van der Waals surface area contributed by atoms with Crippen molar-refractivity contribution in [1.29, 1.82) is 0 Å². The van der Waals surface area contributed by atoms with Crippen molar-refractivity contribution >= 4 is 17.0 Å². The molecule has 2 N–H and O–H groups in total. The summed E-state index contributed by atoms with van der Waals surface area (Å²) in [4.78, 5) is 30.0. The molecule has 0 unspecified atom stereocenters. The summed E-state index contributed by atoms with van der Waals surface area (Å²) < 4.78 is 9.97. The number of nitrogens with one attached hydrogen (secondary N) is 1. The van der Waals surface area contributed by atoms with Crippen molar-refractivity contribution in [3.8, 4) is 5.75 Å². The van der Waals surface area contributed by atoms with E-state index in [1.54, 1.807) is 19.1 Å². The largest absolute Gasteiger partial charge is 0.507 e. The van der Waals surface area contributed by atoms with E-state index in [0.717, 1.165) is 0 Å². The molecule has 0 amide bonds. The lowest BCUT2D eigenvalue weighted by Gasteiger charge is -2.04. The van der Waals surface area contributed by atoms with Crippen LogP contribution in [0.4, 0.5) is 0 Å². The van der Waals surface area contributed by atoms with Crippen LogP contribution in [0.15, 0.2) is 23.1 Å². The van der Waals surface area contributed by atoms with Gasteiger partial charge in [0.2, 0.25) is 0 Å². The summed E-state index contributed by atoms with van der Waals surface area (Å²) in [7, 11) is 0. The molecule has 20 heavy (non-hydrogen) atoms. The van der Waals surface area contributed by atoms with Gasteiger partial charge in [0.25, 0.3) is 5.56 Å². The van der Waals surface area contributed by atoms with E-state index < -0.39 is 23.7 Å². The smallest absolute Gasteiger partial charge is 0.338 e. The van der Waals surface area contributed by atoms with Crippen molar-refractivity contribution in [1.82, 2.24) is 9.97 Å². The second-order valence-electron chi connectivity index (χ2n) is 4.35. The number of ether oxygens (including phenoxy) is 2. The van der Waals surface area contributed by atoms with Crippen molar-refractivity contribution in [2.45, 2.75) is 19.1 Å². The highest BCUT2D eigenvalue weighted by molar-refractivity contribution is 5.84. The molecule has 1 saturated heterocycles. The van der Waals surface area contributed by atoms with Gasteiger partial charge in [-0.2, -0.15) is 0 Å². The van der Waals surface area contributed by atoms with Gasteiger partial charge in [0.1, 0.15) is 17.5 Å². The van der Waals surface area contributed by atoms with Crippen LogP contribution in [0.3, 0.4) is 0 Å². The average molecular weight is 276 g/mol. The first-order chi connectivity index (χ1) is 9.63. The Morgan fingerprint density at radius 2 is 2.40 bits per heavy atom. The number of aromatic amines is 1. The Hall–Kier alpha value is -2.41. The number of carbonyl (C=O) groups is 1. The van der Waals surface area contributed by atoms with Gasteiger partial charge in [-0.15, -0.1) is 0 Å². The number of rotatable bonds is 3. The fourth-order valence-corrected chi connectivity index (χ4v) is 2.12. The Bertz CT molecular complexity index is 739. The predicted molar refractivity (Wildman–Crippen MR) is 68.3 cm³/mol. The summed E-state index contributed by atoms with van der Waals surface area (Å²) in [6.07, 6.45) is -0.106. The molecular weight excluding hydrogens is 264 g/mol. The Morgan fingerprint density at radius 3 is 3.15 bits per heavy atom. The summed E-state index contributed by atoms with van der Waals surface area (Å²) in [5.74, 6) is -0.753. The zero-order chi connectivity index (χ0) is 14.3. The number of nitrogens with zero attached hydrogens (tertiary/aromatic N) is 1. The van der Waals surface area contributed by atoms with Crippen LogP contribution in [0.5, 0.6) is 5.75 Å². The quantitative estimate of drug-likeness (QED) is 0.629. The maximum Gasteiger partial charge on any atom is 0.338 e. The maximum absolute atomic E-state index is 12.0. The van der Waals surface area contributed by atoms with Crippen LogP contribution >= 0.6 is 0 Å². The topological polar surface area (TPSA) is 105 Å². The number of esters is 1. The average Bonchev–Trinajstić information content (AvgIpc) is 3.19. The minimum atomic E-state index is -0.837. The Labute approximate surface area is 113 Å². The number of aromatic nitrogens is 2. The van der Waals surface area contributed by atoms with Crippen LogP contribution < -0.4 is 5.56 Å². The maximum atomic E-state index is 12.0. The number of hydrogen-bond donors (Lipinski definition) is 2. The van der Waals surface area contributed by atoms with Crippen LogP contribution in [0.2, 0.25) is 0 Å². The molecule has 3 heterocycles. The Balaban J connectivity index is 2.02. The van der Waals surface area contributed by atoms with Crippen molar-refractivity contribution in [3.05, 3.63) is 34.2 Å². The van der Waals surface area contributed by atoms with Crippen molar-refractivity contribution in [2.24, 2.45) is 0 Å². The SMILES string of the molecule is CCOC(=O)[C@H]1O[C@@H]1c1c(O)c2cccnc2[nH]c1=O. The monoisotopic (exact) mass is 276 g/mol. The Morgan fingerprint density at radius 1 is 1.60 bits per heavy atom. The molecule has 3 rings (SSSR count). The van der Waals surface area contributed by atoms with E-state index in [2.05, 4.69) is 9.97 Å². The molecule has 2 aromatic heterocycles. The molecule has 0 spiro atoms. The van der Waals surface area contributed by atoms with E-state index in [-0.39, 0.29) is 23.6 Å². The third-order valence-corrected chi connectivity index (χ3v) is 3.09. The highest BCUT2D eigenvalue weighted by atomic mass is 16.6. The zero-order valence-electron chi connectivity index (χ0n) is 10.6. The van der Waals surface area contributed by atoms with Crippen LogP contribution in [0.1, 0.15) is 18.6 Å². The van der Waals surface area contributed by atoms with Gasteiger partial charge in [-0.05, 0) is 19.1 Å². The number of aromatic hydroxyl groups is 1. The van der Waals surface area contributed by atoms with E-state index in [9.17, 15) is 14.7 Å². The van der Waals surface area contributed by atoms with Gasteiger partial charge in [-0.1, -0.05) is 0 Å². The number of fused-ring (bicyclic) bond motifs is 1. The van der Waals surface area contributed by atoms with Gasteiger partial charge >= 0.3 is 5.97 Å². The van der Waals surface area contributed by atoms with Gasteiger partial charge in [0.05, 0.1) is 17.6 Å². The van der Waals surface area contributed by atoms with Crippen LogP contribution in [0.25, 0.3) is 11.0 Å². The van der Waals surface area contributed by atoms with Crippen LogP contribution in [-0.2, 0) is 14.3 Å². The molecule has 7 heteroatoms. The lowest BCUT2D eigenvalue weighted by molar-refractivity contribution is -0.144. The van der Waals surface area contributed by atoms with Gasteiger partial charge in [-0.3, -0.25) is 4.79 Å². The summed E-state index contributed by atoms with van der Waals surface area (Å²) in [5.41, 5.74) is -0.207. The van der Waals surface area contributed by atoms with Crippen molar-refractivity contribution in [2.75, 3.05) is 6.61 Å². The third kappa shape index (κ3) is 1.92. The summed E-state index contributed by atoms with van der Waals surface area (Å²) >= 11 is 0. The van der Waals surface area contributed by atoms with E-state index in [1.165, 1.54) is 6.20 Å². The van der Waals surface area contributed by atoms with Crippen LogP contribution in [-0.4, -0.2) is 33.8 Å². The van der Waals surface area contributed by atoms with E-state index in [0.29, 0.717) is 5.39 Å². The molecule has 1 fully saturated rings. The predicted octanol–water partition coefficient (Wildman–Crippen LogP) is 0.632. The number of epoxide rings is 1. The zero-order valence-corrected chi connectivity index (χ0v) is 10.6. The normalized spacial score (nSPS) is 20.9. The van der Waals surface area contributed by atoms with E-state index in [1.807, 2.05) is 0 Å². The van der Waals surface area contributed by atoms with E-state index >= 15 is 0 Å². The number of H-pyrrole nitrogens is 1. The summed E-state index contributed by atoms with van der Waals surface area (Å²) in [6, 6.07) is 3.26. The molecule has 0 aliphatic carbocycles. The van der Waals surface area contributed by atoms with Gasteiger partial charge in [-0.25, -0.2) is 9.78 Å². The highest BCUT2D eigenvalue weighted by Gasteiger charge is 2.50. The Kier molecular flexibility index (Phi) is 2.90. The van der Waals surface area contributed by atoms with Crippen molar-refractivity contribution in [3.63, 3.8) is 0 Å². The minimum Gasteiger partial charge on any atom is -0.507 e. The standard InChI is InChI=1S/C13H12N2O5/c1-2-19-13(18)10-9(20-10)7-8(16)6-4-3-5-14-11(6)15-12(7)17/h3-5,9-10H,2H2,1H3,(H2,14,15,16,17)/t9-,10+/m1/s1. The molecular formula is C13H12N2O5. The fraction of sp³-hybridized carbons (Fsp3) is 0.308. The third-order valence-electron chi connectivity index (χ3n) is 3.09. The second-order valence-corrected chi connectivity index (χ2v) is 4.35. The fourth-order valence-electron chi connectivity index (χ4n) is 2.12. The van der Waals surface area contributed by atoms with Crippen molar-refractivity contribution < 1.29 is 19.4 Å². The first-order valence-corrected chi connectivity index (χ1v) is 6.15. The number of hydrogen-bond acceptors (Lipinski definition) is 6. The molecule has 7 nitrogen and oxygen atoms in total. The number of pyridine rings is 2. The summed E-state index contributed by atoms with van der Waals surface area (Å²) in [5, 5.41) is 10.6. The minimum absolute atomic E-state index is 0.0311. The molecule has 0 saturated carbocycles. The first kappa shape index (κ1) is 12.6. The lowest BCUT2D eigenvalue weighted by Crippen LogP contribution is -2.17. The van der Waals surface area contributed by atoms with Gasteiger partial charge in [0, 0.05) is 6.20 Å². The second kappa shape index (κ2) is 4.61. The van der Waals surface area contributed by atoms with E-state index in [4.69, 9.17) is 9.47 Å². The molecule has 2 aromatic rings. The molecule has 1 aliphatic rings. The molecule has 2 atom stereocenters.